The van der Waals surface area contributed by atoms with Gasteiger partial charge in [-0.1, -0.05) is 11.6 Å². The SMILES string of the molecule is O=C(c1cccnn1)N1CCC(Oc2ccc(Cl)cc2)CC1. The Morgan fingerprint density at radius 2 is 1.91 bits per heavy atom. The molecule has 3 rings (SSSR count). The van der Waals surface area contributed by atoms with Crippen LogP contribution < -0.4 is 4.74 Å². The number of benzene rings is 1. The molecule has 2 aromatic rings. The van der Waals surface area contributed by atoms with E-state index in [1.165, 1.54) is 0 Å². The monoisotopic (exact) mass is 317 g/mol. The molecule has 1 aliphatic rings. The molecule has 6 heteroatoms. The van der Waals surface area contributed by atoms with Crippen molar-refractivity contribution in [2.75, 3.05) is 13.1 Å². The lowest BCUT2D eigenvalue weighted by atomic mass is 10.1. The van der Waals surface area contributed by atoms with E-state index in [0.29, 0.717) is 23.8 Å². The first-order valence-electron chi connectivity index (χ1n) is 7.21. The van der Waals surface area contributed by atoms with Gasteiger partial charge in [-0.2, -0.15) is 5.10 Å². The van der Waals surface area contributed by atoms with Crippen molar-refractivity contribution in [1.29, 1.82) is 0 Å². The smallest absolute Gasteiger partial charge is 0.274 e. The quantitative estimate of drug-likeness (QED) is 0.873. The van der Waals surface area contributed by atoms with Gasteiger partial charge in [0, 0.05) is 37.2 Å². The maximum Gasteiger partial charge on any atom is 0.274 e. The summed E-state index contributed by atoms with van der Waals surface area (Å²) in [7, 11) is 0. The van der Waals surface area contributed by atoms with E-state index < -0.39 is 0 Å². The van der Waals surface area contributed by atoms with E-state index in [-0.39, 0.29) is 12.0 Å². The lowest BCUT2D eigenvalue weighted by Gasteiger charge is -2.31. The Morgan fingerprint density at radius 1 is 1.18 bits per heavy atom. The molecule has 0 spiro atoms. The fourth-order valence-corrected chi connectivity index (χ4v) is 2.59. The highest BCUT2D eigenvalue weighted by Crippen LogP contribution is 2.21. The van der Waals surface area contributed by atoms with E-state index in [2.05, 4.69) is 10.2 Å². The second-order valence-electron chi connectivity index (χ2n) is 5.17. The first kappa shape index (κ1) is 14.8. The summed E-state index contributed by atoms with van der Waals surface area (Å²) in [6.45, 7) is 1.32. The van der Waals surface area contributed by atoms with Crippen molar-refractivity contribution in [2.24, 2.45) is 0 Å². The van der Waals surface area contributed by atoms with Crippen LogP contribution in [0.3, 0.4) is 0 Å². The lowest BCUT2D eigenvalue weighted by molar-refractivity contribution is 0.0589. The maximum absolute atomic E-state index is 12.3. The highest BCUT2D eigenvalue weighted by Gasteiger charge is 2.25. The summed E-state index contributed by atoms with van der Waals surface area (Å²) in [5.74, 6) is 0.737. The van der Waals surface area contributed by atoms with Gasteiger partial charge in [-0.3, -0.25) is 4.79 Å². The third-order valence-corrected chi connectivity index (χ3v) is 3.89. The number of aromatic nitrogens is 2. The van der Waals surface area contributed by atoms with Crippen LogP contribution in [0.15, 0.2) is 42.6 Å². The largest absolute Gasteiger partial charge is 0.490 e. The molecule has 22 heavy (non-hydrogen) atoms. The van der Waals surface area contributed by atoms with Gasteiger partial charge in [-0.05, 0) is 36.4 Å². The van der Waals surface area contributed by atoms with Gasteiger partial charge in [-0.15, -0.1) is 5.10 Å². The maximum atomic E-state index is 12.3. The fourth-order valence-electron chi connectivity index (χ4n) is 2.46. The first-order valence-corrected chi connectivity index (χ1v) is 7.59. The predicted molar refractivity (Wildman–Crippen MR) is 83.0 cm³/mol. The molecule has 0 bridgehead atoms. The fraction of sp³-hybridized carbons (Fsp3) is 0.312. The zero-order chi connectivity index (χ0) is 15.4. The molecule has 2 heterocycles. The molecular formula is C16H16ClN3O2. The molecule has 1 fully saturated rings. The van der Waals surface area contributed by atoms with Crippen molar-refractivity contribution in [3.05, 3.63) is 53.3 Å². The second-order valence-corrected chi connectivity index (χ2v) is 5.61. The zero-order valence-electron chi connectivity index (χ0n) is 12.0. The van der Waals surface area contributed by atoms with Crippen molar-refractivity contribution in [3.63, 3.8) is 0 Å². The van der Waals surface area contributed by atoms with Gasteiger partial charge in [0.25, 0.3) is 5.91 Å². The van der Waals surface area contributed by atoms with Crippen LogP contribution in [-0.2, 0) is 0 Å². The summed E-state index contributed by atoms with van der Waals surface area (Å²) in [4.78, 5) is 14.1. The molecule has 0 atom stereocenters. The molecule has 0 N–H and O–H groups in total. The van der Waals surface area contributed by atoms with Gasteiger partial charge in [0.05, 0.1) is 0 Å². The number of halogens is 1. The Kier molecular flexibility index (Phi) is 4.53. The van der Waals surface area contributed by atoms with Crippen LogP contribution in [0.25, 0.3) is 0 Å². The molecule has 0 saturated carbocycles. The number of rotatable bonds is 3. The molecule has 1 saturated heterocycles. The number of likely N-dealkylation sites (tertiary alicyclic amines) is 1. The Morgan fingerprint density at radius 3 is 2.55 bits per heavy atom. The summed E-state index contributed by atoms with van der Waals surface area (Å²) in [5, 5.41) is 8.30. The molecule has 1 aromatic carbocycles. The summed E-state index contributed by atoms with van der Waals surface area (Å²) in [5.41, 5.74) is 0.388. The van der Waals surface area contributed by atoms with Crippen LogP contribution >= 0.6 is 11.6 Å². The second kappa shape index (κ2) is 6.75. The topological polar surface area (TPSA) is 55.3 Å². The molecule has 1 aromatic heterocycles. The van der Waals surface area contributed by atoms with E-state index >= 15 is 0 Å². The molecule has 0 radical (unpaired) electrons. The number of hydrogen-bond acceptors (Lipinski definition) is 4. The van der Waals surface area contributed by atoms with Gasteiger partial charge in [0.15, 0.2) is 5.69 Å². The van der Waals surface area contributed by atoms with Gasteiger partial charge in [0.2, 0.25) is 0 Å². The predicted octanol–water partition coefficient (Wildman–Crippen LogP) is 2.81. The third-order valence-electron chi connectivity index (χ3n) is 3.64. The number of carbonyl (C=O) groups excluding carboxylic acids is 1. The Labute approximate surface area is 133 Å². The third kappa shape index (κ3) is 3.54. The van der Waals surface area contributed by atoms with E-state index in [0.717, 1.165) is 18.6 Å². The number of ether oxygens (including phenoxy) is 1. The molecule has 0 aliphatic carbocycles. The minimum atomic E-state index is -0.0713. The highest BCUT2D eigenvalue weighted by atomic mass is 35.5. The first-order chi connectivity index (χ1) is 10.7. The normalized spacial score (nSPS) is 15.6. The summed E-state index contributed by atoms with van der Waals surface area (Å²) >= 11 is 5.86. The number of carbonyl (C=O) groups is 1. The van der Waals surface area contributed by atoms with Crippen LogP contribution in [0.5, 0.6) is 5.75 Å². The van der Waals surface area contributed by atoms with Crippen molar-refractivity contribution in [3.8, 4) is 5.75 Å². The van der Waals surface area contributed by atoms with E-state index in [4.69, 9.17) is 16.3 Å². The average Bonchev–Trinajstić information content (AvgIpc) is 2.58. The summed E-state index contributed by atoms with van der Waals surface area (Å²) in [6.07, 6.45) is 3.28. The van der Waals surface area contributed by atoms with Crippen LogP contribution in [0.4, 0.5) is 0 Å². The number of amides is 1. The summed E-state index contributed by atoms with van der Waals surface area (Å²) < 4.78 is 5.92. The lowest BCUT2D eigenvalue weighted by Crippen LogP contribution is -2.42. The van der Waals surface area contributed by atoms with Crippen LogP contribution in [-0.4, -0.2) is 40.2 Å². The molecular weight excluding hydrogens is 302 g/mol. The van der Waals surface area contributed by atoms with Gasteiger partial charge in [-0.25, -0.2) is 0 Å². The van der Waals surface area contributed by atoms with E-state index in [1.54, 1.807) is 23.2 Å². The minimum absolute atomic E-state index is 0.0713. The number of hydrogen-bond donors (Lipinski definition) is 0. The van der Waals surface area contributed by atoms with Gasteiger partial charge < -0.3 is 9.64 Å². The van der Waals surface area contributed by atoms with E-state index in [9.17, 15) is 4.79 Å². The van der Waals surface area contributed by atoms with E-state index in [1.807, 2.05) is 24.3 Å². The Balaban J connectivity index is 1.54. The van der Waals surface area contributed by atoms with Crippen molar-refractivity contribution in [2.45, 2.75) is 18.9 Å². The molecule has 5 nitrogen and oxygen atoms in total. The molecule has 114 valence electrons. The highest BCUT2D eigenvalue weighted by molar-refractivity contribution is 6.30. The van der Waals surface area contributed by atoms with Crippen LogP contribution in [0.1, 0.15) is 23.3 Å². The Bertz CT molecular complexity index is 626. The number of piperidine rings is 1. The van der Waals surface area contributed by atoms with Crippen molar-refractivity contribution in [1.82, 2.24) is 15.1 Å². The molecule has 1 aliphatic heterocycles. The number of nitrogens with zero attached hydrogens (tertiary/aromatic N) is 3. The average molecular weight is 318 g/mol. The summed E-state index contributed by atoms with van der Waals surface area (Å²) in [6, 6.07) is 10.7. The Hall–Kier alpha value is -2.14. The standard InChI is InChI=1S/C16H16ClN3O2/c17-12-3-5-13(6-4-12)22-14-7-10-20(11-8-14)16(21)15-2-1-9-18-19-15/h1-6,9,14H,7-8,10-11H2. The van der Waals surface area contributed by atoms with Gasteiger partial charge >= 0.3 is 0 Å². The minimum Gasteiger partial charge on any atom is -0.490 e. The molecule has 0 unspecified atom stereocenters. The van der Waals surface area contributed by atoms with Crippen molar-refractivity contribution >= 4 is 17.5 Å². The van der Waals surface area contributed by atoms with Crippen LogP contribution in [0, 0.1) is 0 Å². The van der Waals surface area contributed by atoms with Gasteiger partial charge in [0.1, 0.15) is 11.9 Å². The zero-order valence-corrected chi connectivity index (χ0v) is 12.7. The van der Waals surface area contributed by atoms with Crippen LogP contribution in [0.2, 0.25) is 5.02 Å². The molecule has 1 amide bonds. The van der Waals surface area contributed by atoms with Crippen molar-refractivity contribution < 1.29 is 9.53 Å².